The van der Waals surface area contributed by atoms with Crippen molar-refractivity contribution in [1.29, 1.82) is 0 Å². The van der Waals surface area contributed by atoms with Crippen molar-refractivity contribution in [2.45, 2.75) is 13.3 Å². The van der Waals surface area contributed by atoms with Gasteiger partial charge in [-0.3, -0.25) is 14.4 Å². The zero-order valence-electron chi connectivity index (χ0n) is 17.6. The summed E-state index contributed by atoms with van der Waals surface area (Å²) in [5, 5.41) is 5.65. The van der Waals surface area contributed by atoms with E-state index in [1.165, 1.54) is 4.90 Å². The molecule has 3 rings (SSSR count). The lowest BCUT2D eigenvalue weighted by atomic mass is 10.1. The van der Waals surface area contributed by atoms with E-state index in [-0.39, 0.29) is 24.3 Å². The van der Waals surface area contributed by atoms with Gasteiger partial charge in [0.05, 0.1) is 17.8 Å². The van der Waals surface area contributed by atoms with Crippen LogP contribution in [0, 0.1) is 0 Å². The second-order valence-electron chi connectivity index (χ2n) is 7.09. The summed E-state index contributed by atoms with van der Waals surface area (Å²) >= 11 is 0. The monoisotopic (exact) mass is 415 g/mol. The van der Waals surface area contributed by atoms with Crippen LogP contribution in [-0.2, 0) is 11.2 Å². The van der Waals surface area contributed by atoms with Crippen LogP contribution in [0.3, 0.4) is 0 Å². The van der Waals surface area contributed by atoms with Crippen molar-refractivity contribution in [1.82, 2.24) is 4.90 Å². The molecule has 0 aliphatic rings. The highest BCUT2D eigenvalue weighted by atomic mass is 16.2. The summed E-state index contributed by atoms with van der Waals surface area (Å²) in [6, 6.07) is 23.1. The van der Waals surface area contributed by atoms with Crippen LogP contribution in [-0.4, -0.2) is 36.2 Å². The molecule has 6 nitrogen and oxygen atoms in total. The molecule has 0 aliphatic heterocycles. The van der Waals surface area contributed by atoms with Crippen molar-refractivity contribution in [2.24, 2.45) is 0 Å². The molecule has 0 fully saturated rings. The highest BCUT2D eigenvalue weighted by Crippen LogP contribution is 2.19. The van der Waals surface area contributed by atoms with Crippen molar-refractivity contribution in [3.63, 3.8) is 0 Å². The van der Waals surface area contributed by atoms with Gasteiger partial charge in [-0.25, -0.2) is 0 Å². The number of nitrogens with zero attached hydrogens (tertiary/aromatic N) is 1. The predicted molar refractivity (Wildman–Crippen MR) is 122 cm³/mol. The molecule has 0 bridgehead atoms. The maximum absolute atomic E-state index is 13.0. The highest BCUT2D eigenvalue weighted by molar-refractivity contribution is 6.09. The Labute approximate surface area is 181 Å². The Bertz CT molecular complexity index is 1080. The van der Waals surface area contributed by atoms with E-state index in [4.69, 9.17) is 0 Å². The Morgan fingerprint density at radius 3 is 2.10 bits per heavy atom. The molecule has 0 radical (unpaired) electrons. The fraction of sp³-hybridized carbons (Fsp3) is 0.160. The molecule has 3 aromatic carbocycles. The number of rotatable bonds is 7. The fourth-order valence-electron chi connectivity index (χ4n) is 3.20. The van der Waals surface area contributed by atoms with Gasteiger partial charge in [-0.2, -0.15) is 0 Å². The average Bonchev–Trinajstić information content (AvgIpc) is 2.79. The topological polar surface area (TPSA) is 78.5 Å². The Hall–Kier alpha value is -3.93. The maximum Gasteiger partial charge on any atom is 0.256 e. The van der Waals surface area contributed by atoms with Crippen LogP contribution in [0.4, 0.5) is 11.4 Å². The molecular weight excluding hydrogens is 390 g/mol. The number of para-hydroxylation sites is 2. The third-order valence-electron chi connectivity index (χ3n) is 4.84. The molecule has 0 spiro atoms. The summed E-state index contributed by atoms with van der Waals surface area (Å²) in [6.07, 6.45) is 0.791. The van der Waals surface area contributed by atoms with Gasteiger partial charge in [-0.1, -0.05) is 55.5 Å². The predicted octanol–water partition coefficient (Wildman–Crippen LogP) is 4.21. The summed E-state index contributed by atoms with van der Waals surface area (Å²) < 4.78 is 0. The first-order chi connectivity index (χ1) is 15.0. The SMILES string of the molecule is CCc1ccccc1NC(=O)CN(C)C(=O)c1ccccc1NC(=O)c1ccccc1. The molecule has 0 aromatic heterocycles. The number of hydrogen-bond acceptors (Lipinski definition) is 3. The van der Waals surface area contributed by atoms with E-state index in [9.17, 15) is 14.4 Å². The molecule has 0 heterocycles. The summed E-state index contributed by atoms with van der Waals surface area (Å²) in [7, 11) is 1.56. The minimum absolute atomic E-state index is 0.113. The third kappa shape index (κ3) is 5.57. The zero-order valence-corrected chi connectivity index (χ0v) is 17.6. The molecule has 0 saturated carbocycles. The van der Waals surface area contributed by atoms with E-state index < -0.39 is 0 Å². The van der Waals surface area contributed by atoms with Crippen molar-refractivity contribution in [3.05, 3.63) is 95.6 Å². The molecular formula is C25H25N3O3. The van der Waals surface area contributed by atoms with Crippen LogP contribution < -0.4 is 10.6 Å². The van der Waals surface area contributed by atoms with Crippen molar-refractivity contribution in [2.75, 3.05) is 24.2 Å². The molecule has 158 valence electrons. The van der Waals surface area contributed by atoms with E-state index in [1.54, 1.807) is 55.6 Å². The van der Waals surface area contributed by atoms with E-state index in [2.05, 4.69) is 10.6 Å². The highest BCUT2D eigenvalue weighted by Gasteiger charge is 2.19. The number of carbonyl (C=O) groups is 3. The van der Waals surface area contributed by atoms with E-state index >= 15 is 0 Å². The number of aryl methyl sites for hydroxylation is 1. The van der Waals surface area contributed by atoms with Crippen molar-refractivity contribution in [3.8, 4) is 0 Å². The minimum atomic E-state index is -0.358. The number of nitrogens with one attached hydrogen (secondary N) is 2. The molecule has 0 unspecified atom stereocenters. The Morgan fingerprint density at radius 1 is 0.774 bits per heavy atom. The first kappa shape index (κ1) is 21.8. The van der Waals surface area contributed by atoms with E-state index in [1.807, 2.05) is 37.3 Å². The van der Waals surface area contributed by atoms with Crippen LogP contribution in [0.2, 0.25) is 0 Å². The van der Waals surface area contributed by atoms with Gasteiger partial charge in [0.2, 0.25) is 5.91 Å². The molecule has 2 N–H and O–H groups in total. The summed E-state index contributed by atoms with van der Waals surface area (Å²) in [5.74, 6) is -0.956. The molecule has 0 saturated heterocycles. The molecule has 0 atom stereocenters. The maximum atomic E-state index is 13.0. The van der Waals surface area contributed by atoms with Crippen LogP contribution in [0.15, 0.2) is 78.9 Å². The summed E-state index contributed by atoms with van der Waals surface area (Å²) in [5.41, 5.74) is 2.97. The number of amides is 3. The molecule has 3 aromatic rings. The quantitative estimate of drug-likeness (QED) is 0.607. The van der Waals surface area contributed by atoms with Gasteiger partial charge in [0.15, 0.2) is 0 Å². The normalized spacial score (nSPS) is 10.3. The van der Waals surface area contributed by atoms with Crippen molar-refractivity contribution < 1.29 is 14.4 Å². The van der Waals surface area contributed by atoms with Gasteiger partial charge in [0.1, 0.15) is 0 Å². The van der Waals surface area contributed by atoms with Crippen LogP contribution in [0.25, 0.3) is 0 Å². The molecule has 3 amide bonds. The van der Waals surface area contributed by atoms with Gasteiger partial charge >= 0.3 is 0 Å². The summed E-state index contributed by atoms with van der Waals surface area (Å²) in [4.78, 5) is 39.3. The van der Waals surface area contributed by atoms with Crippen LogP contribution >= 0.6 is 0 Å². The average molecular weight is 415 g/mol. The largest absolute Gasteiger partial charge is 0.332 e. The Balaban J connectivity index is 1.69. The van der Waals surface area contributed by atoms with Gasteiger partial charge < -0.3 is 15.5 Å². The Morgan fingerprint density at radius 2 is 1.39 bits per heavy atom. The minimum Gasteiger partial charge on any atom is -0.332 e. The van der Waals surface area contributed by atoms with Crippen LogP contribution in [0.5, 0.6) is 0 Å². The van der Waals surface area contributed by atoms with Crippen LogP contribution in [0.1, 0.15) is 33.2 Å². The number of anilines is 2. The number of carbonyl (C=O) groups excluding carboxylic acids is 3. The van der Waals surface area contributed by atoms with Gasteiger partial charge in [0.25, 0.3) is 11.8 Å². The second kappa shape index (κ2) is 10.2. The van der Waals surface area contributed by atoms with E-state index in [0.29, 0.717) is 16.8 Å². The lowest BCUT2D eigenvalue weighted by Crippen LogP contribution is -2.35. The van der Waals surface area contributed by atoms with Gasteiger partial charge in [-0.15, -0.1) is 0 Å². The number of likely N-dealkylation sites (N-methyl/N-ethyl adjacent to an activating group) is 1. The number of benzene rings is 3. The lowest BCUT2D eigenvalue weighted by Gasteiger charge is -2.19. The fourth-order valence-corrected chi connectivity index (χ4v) is 3.20. The number of hydrogen-bond donors (Lipinski definition) is 2. The molecule has 31 heavy (non-hydrogen) atoms. The standard InChI is InChI=1S/C25H25N3O3/c1-3-18-11-7-9-15-21(18)26-23(29)17-28(2)25(31)20-14-8-10-16-22(20)27-24(30)19-12-5-4-6-13-19/h4-16H,3,17H2,1-2H3,(H,26,29)(H,27,30). The smallest absolute Gasteiger partial charge is 0.256 e. The zero-order chi connectivity index (χ0) is 22.2. The first-order valence-electron chi connectivity index (χ1n) is 10.1. The van der Waals surface area contributed by atoms with Gasteiger partial charge in [0, 0.05) is 18.3 Å². The lowest BCUT2D eigenvalue weighted by molar-refractivity contribution is -0.116. The molecule has 6 heteroatoms. The Kier molecular flexibility index (Phi) is 7.17. The first-order valence-corrected chi connectivity index (χ1v) is 10.1. The van der Waals surface area contributed by atoms with E-state index in [0.717, 1.165) is 17.7 Å². The third-order valence-corrected chi connectivity index (χ3v) is 4.84. The molecule has 0 aliphatic carbocycles. The van der Waals surface area contributed by atoms with Crippen molar-refractivity contribution >= 4 is 29.1 Å². The summed E-state index contributed by atoms with van der Waals surface area (Å²) in [6.45, 7) is 1.90. The van der Waals surface area contributed by atoms with Gasteiger partial charge in [-0.05, 0) is 42.3 Å². The second-order valence-corrected chi connectivity index (χ2v) is 7.09.